The Morgan fingerprint density at radius 1 is 1.45 bits per heavy atom. The highest BCUT2D eigenvalue weighted by atomic mass is 79.9. The number of aromatic nitrogens is 2. The van der Waals surface area contributed by atoms with E-state index < -0.39 is 0 Å². The van der Waals surface area contributed by atoms with Crippen molar-refractivity contribution in [3.05, 3.63) is 21.9 Å². The van der Waals surface area contributed by atoms with Gasteiger partial charge in [0.25, 0.3) is 0 Å². The molecule has 0 amide bonds. The molecule has 56 valence electrons. The van der Waals surface area contributed by atoms with Crippen LogP contribution in [0.2, 0.25) is 0 Å². The second kappa shape index (κ2) is 2.53. The Bertz CT molecular complexity index is 360. The van der Waals surface area contributed by atoms with Crippen molar-refractivity contribution in [3.8, 4) is 0 Å². The lowest BCUT2D eigenvalue weighted by Gasteiger charge is -1.94. The minimum Gasteiger partial charge on any atom is -0.247 e. The molecule has 0 unspecified atom stereocenters. The molecule has 2 aromatic heterocycles. The van der Waals surface area contributed by atoms with Crippen molar-refractivity contribution in [1.29, 1.82) is 0 Å². The zero-order valence-electron chi connectivity index (χ0n) is 5.84. The van der Waals surface area contributed by atoms with Gasteiger partial charge in [0, 0.05) is 6.20 Å². The van der Waals surface area contributed by atoms with Crippen molar-refractivity contribution in [3.63, 3.8) is 0 Å². The highest BCUT2D eigenvalue weighted by Crippen LogP contribution is 2.26. The van der Waals surface area contributed by atoms with Crippen molar-refractivity contribution in [2.75, 3.05) is 0 Å². The fraction of sp³-hybridized carbons (Fsp3) is 0.143. The fourth-order valence-corrected chi connectivity index (χ4v) is 2.24. The monoisotopic (exact) mass is 228 g/mol. The number of hydrogen-bond acceptors (Lipinski definition) is 3. The lowest BCUT2D eigenvalue weighted by atomic mass is 10.3. The van der Waals surface area contributed by atoms with Crippen molar-refractivity contribution in [2.24, 2.45) is 0 Å². The summed E-state index contributed by atoms with van der Waals surface area (Å²) in [6.07, 6.45) is 1.85. The van der Waals surface area contributed by atoms with E-state index in [9.17, 15) is 0 Å². The fourth-order valence-electron chi connectivity index (χ4n) is 0.946. The van der Waals surface area contributed by atoms with Crippen molar-refractivity contribution in [1.82, 2.24) is 9.97 Å². The first-order valence-electron chi connectivity index (χ1n) is 3.13. The Morgan fingerprint density at radius 3 is 3.00 bits per heavy atom. The van der Waals surface area contributed by atoms with Crippen LogP contribution >= 0.6 is 27.3 Å². The molecular formula is C7H5BrN2S. The van der Waals surface area contributed by atoms with E-state index in [1.165, 1.54) is 10.3 Å². The van der Waals surface area contributed by atoms with Gasteiger partial charge in [0.05, 0.1) is 10.2 Å². The van der Waals surface area contributed by atoms with E-state index in [4.69, 9.17) is 0 Å². The van der Waals surface area contributed by atoms with Crippen molar-refractivity contribution < 1.29 is 0 Å². The van der Waals surface area contributed by atoms with Gasteiger partial charge in [0.15, 0.2) is 0 Å². The van der Waals surface area contributed by atoms with Gasteiger partial charge in [-0.15, -0.1) is 11.3 Å². The molecule has 0 atom stereocenters. The highest BCUT2D eigenvalue weighted by Gasteiger charge is 2.03. The van der Waals surface area contributed by atoms with Gasteiger partial charge >= 0.3 is 0 Å². The molecule has 0 saturated carbocycles. The van der Waals surface area contributed by atoms with Crippen LogP contribution in [0.5, 0.6) is 0 Å². The second-order valence-corrected chi connectivity index (χ2v) is 3.87. The van der Waals surface area contributed by atoms with E-state index in [1.54, 1.807) is 11.3 Å². The molecule has 0 fully saturated rings. The van der Waals surface area contributed by atoms with Gasteiger partial charge in [-0.25, -0.2) is 9.97 Å². The van der Waals surface area contributed by atoms with Crippen LogP contribution < -0.4 is 0 Å². The van der Waals surface area contributed by atoms with E-state index >= 15 is 0 Å². The summed E-state index contributed by atoms with van der Waals surface area (Å²) >= 11 is 4.99. The Balaban J connectivity index is 2.96. The van der Waals surface area contributed by atoms with E-state index in [2.05, 4.69) is 25.9 Å². The summed E-state index contributed by atoms with van der Waals surface area (Å²) in [4.78, 5) is 8.33. The summed E-state index contributed by atoms with van der Waals surface area (Å²) in [5, 5.41) is 0. The van der Waals surface area contributed by atoms with Crippen LogP contribution in [0.25, 0.3) is 10.2 Å². The van der Waals surface area contributed by atoms with Crippen LogP contribution in [-0.2, 0) is 0 Å². The molecule has 0 N–H and O–H groups in total. The standard InChI is InChI=1S/C7H5BrN2S/c1-4-2-9-7(8)5-6(4)11-3-10-5/h2-3H,1H3. The van der Waals surface area contributed by atoms with Gasteiger partial charge in [-0.2, -0.15) is 0 Å². The SMILES string of the molecule is Cc1cnc(Br)c2ncsc12. The number of aryl methyl sites for hydroxylation is 1. The number of nitrogens with zero attached hydrogens (tertiary/aromatic N) is 2. The molecule has 2 rings (SSSR count). The first-order valence-corrected chi connectivity index (χ1v) is 4.80. The molecule has 2 heterocycles. The minimum absolute atomic E-state index is 0.833. The zero-order chi connectivity index (χ0) is 7.84. The summed E-state index contributed by atoms with van der Waals surface area (Å²) in [5.74, 6) is 0. The average molecular weight is 229 g/mol. The molecule has 0 spiro atoms. The molecule has 0 bridgehead atoms. The van der Waals surface area contributed by atoms with Gasteiger partial charge < -0.3 is 0 Å². The minimum atomic E-state index is 0.833. The number of fused-ring (bicyclic) bond motifs is 1. The quantitative estimate of drug-likeness (QED) is 0.649. The Labute approximate surface area is 76.4 Å². The zero-order valence-corrected chi connectivity index (χ0v) is 8.24. The predicted octanol–water partition coefficient (Wildman–Crippen LogP) is 2.76. The van der Waals surface area contributed by atoms with Crippen LogP contribution in [0.3, 0.4) is 0 Å². The molecule has 0 aromatic carbocycles. The maximum absolute atomic E-state index is 4.19. The normalized spacial score (nSPS) is 10.7. The first-order chi connectivity index (χ1) is 5.29. The Morgan fingerprint density at radius 2 is 2.27 bits per heavy atom. The lowest BCUT2D eigenvalue weighted by Crippen LogP contribution is -1.80. The molecule has 2 nitrogen and oxygen atoms in total. The van der Waals surface area contributed by atoms with Crippen LogP contribution in [-0.4, -0.2) is 9.97 Å². The Hall–Kier alpha value is -0.480. The first kappa shape index (κ1) is 7.18. The van der Waals surface area contributed by atoms with Crippen molar-refractivity contribution in [2.45, 2.75) is 6.92 Å². The summed E-state index contributed by atoms with van der Waals surface area (Å²) in [7, 11) is 0. The van der Waals surface area contributed by atoms with Gasteiger partial charge in [0.1, 0.15) is 10.1 Å². The maximum Gasteiger partial charge on any atom is 0.133 e. The van der Waals surface area contributed by atoms with Crippen molar-refractivity contribution >= 4 is 37.5 Å². The van der Waals surface area contributed by atoms with Gasteiger partial charge in [0.2, 0.25) is 0 Å². The maximum atomic E-state index is 4.19. The number of pyridine rings is 1. The molecule has 0 aliphatic rings. The molecule has 0 aliphatic heterocycles. The average Bonchev–Trinajstić information content (AvgIpc) is 2.45. The molecule has 2 aromatic rings. The van der Waals surface area contributed by atoms with E-state index in [0.29, 0.717) is 0 Å². The largest absolute Gasteiger partial charge is 0.247 e. The molecule has 0 saturated heterocycles. The Kier molecular flexibility index (Phi) is 1.65. The number of halogens is 1. The van der Waals surface area contributed by atoms with Crippen LogP contribution in [0, 0.1) is 6.92 Å². The third-order valence-corrected chi connectivity index (χ3v) is 3.03. The van der Waals surface area contributed by atoms with E-state index in [1.807, 2.05) is 18.6 Å². The molecule has 0 aliphatic carbocycles. The third-order valence-electron chi connectivity index (χ3n) is 1.49. The van der Waals surface area contributed by atoms with Gasteiger partial charge in [-0.1, -0.05) is 0 Å². The van der Waals surface area contributed by atoms with E-state index in [-0.39, 0.29) is 0 Å². The lowest BCUT2D eigenvalue weighted by molar-refractivity contribution is 1.26. The molecule has 0 radical (unpaired) electrons. The highest BCUT2D eigenvalue weighted by molar-refractivity contribution is 9.10. The topological polar surface area (TPSA) is 25.8 Å². The molecular weight excluding hydrogens is 224 g/mol. The summed E-state index contributed by atoms with van der Waals surface area (Å²) in [6.45, 7) is 2.04. The summed E-state index contributed by atoms with van der Waals surface area (Å²) in [5.41, 5.74) is 3.99. The third kappa shape index (κ3) is 1.06. The van der Waals surface area contributed by atoms with Gasteiger partial charge in [-0.3, -0.25) is 0 Å². The second-order valence-electron chi connectivity index (χ2n) is 2.26. The number of thiazole rings is 1. The van der Waals surface area contributed by atoms with Gasteiger partial charge in [-0.05, 0) is 28.4 Å². The smallest absolute Gasteiger partial charge is 0.133 e. The van der Waals surface area contributed by atoms with Crippen LogP contribution in [0.15, 0.2) is 16.3 Å². The molecule has 11 heavy (non-hydrogen) atoms. The summed E-state index contributed by atoms with van der Waals surface area (Å²) in [6, 6.07) is 0. The van der Waals surface area contributed by atoms with Crippen LogP contribution in [0.4, 0.5) is 0 Å². The number of rotatable bonds is 0. The van der Waals surface area contributed by atoms with Crippen LogP contribution in [0.1, 0.15) is 5.56 Å². The summed E-state index contributed by atoms with van der Waals surface area (Å²) < 4.78 is 2.05. The number of hydrogen-bond donors (Lipinski definition) is 0. The van der Waals surface area contributed by atoms with E-state index in [0.717, 1.165) is 10.1 Å². The molecule has 4 heteroatoms. The predicted molar refractivity (Wildman–Crippen MR) is 49.9 cm³/mol.